The van der Waals surface area contributed by atoms with Crippen molar-refractivity contribution in [2.75, 3.05) is 5.32 Å². The number of aryl methyl sites for hydroxylation is 1. The lowest BCUT2D eigenvalue weighted by Crippen LogP contribution is -2.37. The molecule has 0 spiro atoms. The Hall–Kier alpha value is -3.61. The number of hydrogen-bond acceptors (Lipinski definition) is 4. The van der Waals surface area contributed by atoms with Gasteiger partial charge in [0, 0.05) is 34.8 Å². The van der Waals surface area contributed by atoms with E-state index in [4.69, 9.17) is 0 Å². The molecule has 0 aliphatic heterocycles. The predicted molar refractivity (Wildman–Crippen MR) is 133 cm³/mol. The summed E-state index contributed by atoms with van der Waals surface area (Å²) in [6, 6.07) is 14.1. The van der Waals surface area contributed by atoms with Gasteiger partial charge in [0.25, 0.3) is 5.91 Å². The highest BCUT2D eigenvalue weighted by Gasteiger charge is 2.28. The van der Waals surface area contributed by atoms with Gasteiger partial charge in [-0.3, -0.25) is 4.79 Å². The molecular weight excluding hydrogens is 428 g/mol. The van der Waals surface area contributed by atoms with Gasteiger partial charge in [0.1, 0.15) is 5.75 Å². The maximum absolute atomic E-state index is 12.8. The summed E-state index contributed by atoms with van der Waals surface area (Å²) in [6.07, 6.45) is 4.93. The van der Waals surface area contributed by atoms with Gasteiger partial charge in [-0.15, -0.1) is 0 Å². The molecule has 1 heterocycles. The van der Waals surface area contributed by atoms with Gasteiger partial charge in [-0.1, -0.05) is 32.4 Å². The van der Waals surface area contributed by atoms with Gasteiger partial charge in [-0.2, -0.15) is 9.78 Å². The van der Waals surface area contributed by atoms with Gasteiger partial charge in [0.2, 0.25) is 0 Å². The lowest BCUT2D eigenvalue weighted by Gasteiger charge is -2.25. The first-order valence-corrected chi connectivity index (χ1v) is 12.0. The van der Waals surface area contributed by atoms with Crippen LogP contribution in [0.25, 0.3) is 11.3 Å². The van der Waals surface area contributed by atoms with Crippen LogP contribution in [0.1, 0.15) is 74.0 Å². The summed E-state index contributed by atoms with van der Waals surface area (Å²) in [5, 5.41) is 21.1. The number of aromatic nitrogens is 2. The molecule has 1 atom stereocenters. The van der Waals surface area contributed by atoms with Crippen molar-refractivity contribution in [3.8, 4) is 17.0 Å². The summed E-state index contributed by atoms with van der Waals surface area (Å²) in [6.45, 7) is 6.04. The van der Waals surface area contributed by atoms with Crippen molar-refractivity contribution in [3.05, 3.63) is 65.4 Å². The molecule has 0 bridgehead atoms. The molecule has 7 heteroatoms. The predicted octanol–water partition coefficient (Wildman–Crippen LogP) is 5.69. The fraction of sp³-hybridized carbons (Fsp3) is 0.370. The third-order valence-corrected chi connectivity index (χ3v) is 6.59. The Balaban J connectivity index is 1.56. The summed E-state index contributed by atoms with van der Waals surface area (Å²) < 4.78 is 1.44. The molecule has 1 saturated carbocycles. The summed E-state index contributed by atoms with van der Waals surface area (Å²) >= 11 is 0. The standard InChI is InChI=1S/C27H32N4O3/c1-4-17(3)28-27(34)31-24(19-7-6-8-19)16-23(30-31)22-14-13-21(15-25(22)32)29-26(33)20-11-9-18(5-2)10-12-20/h9-17,19,32H,4-8H2,1-3H3,(H,28,34)(H,29,33). The van der Waals surface area contributed by atoms with E-state index in [2.05, 4.69) is 22.7 Å². The fourth-order valence-corrected chi connectivity index (χ4v) is 3.98. The van der Waals surface area contributed by atoms with Gasteiger partial charge >= 0.3 is 6.03 Å². The number of rotatable bonds is 7. The number of hydrogen-bond donors (Lipinski definition) is 3. The zero-order valence-corrected chi connectivity index (χ0v) is 20.0. The van der Waals surface area contributed by atoms with Gasteiger partial charge in [-0.25, -0.2) is 4.79 Å². The van der Waals surface area contributed by atoms with Crippen molar-refractivity contribution in [1.29, 1.82) is 0 Å². The Morgan fingerprint density at radius 3 is 2.44 bits per heavy atom. The quantitative estimate of drug-likeness (QED) is 0.422. The van der Waals surface area contributed by atoms with Crippen LogP contribution in [-0.2, 0) is 6.42 Å². The molecule has 0 radical (unpaired) electrons. The van der Waals surface area contributed by atoms with Crippen LogP contribution >= 0.6 is 0 Å². The van der Waals surface area contributed by atoms with Crippen LogP contribution in [0, 0.1) is 0 Å². The molecule has 1 unspecified atom stereocenters. The first-order valence-electron chi connectivity index (χ1n) is 12.0. The number of anilines is 1. The van der Waals surface area contributed by atoms with Crippen LogP contribution in [0.5, 0.6) is 5.75 Å². The van der Waals surface area contributed by atoms with Crippen LogP contribution in [0.4, 0.5) is 10.5 Å². The molecule has 2 amide bonds. The van der Waals surface area contributed by atoms with E-state index in [1.807, 2.05) is 32.0 Å². The second-order valence-corrected chi connectivity index (χ2v) is 8.99. The van der Waals surface area contributed by atoms with Crippen LogP contribution in [0.2, 0.25) is 0 Å². The van der Waals surface area contributed by atoms with E-state index >= 15 is 0 Å². The highest BCUT2D eigenvalue weighted by molar-refractivity contribution is 6.04. The maximum Gasteiger partial charge on any atom is 0.342 e. The van der Waals surface area contributed by atoms with Gasteiger partial charge in [0.15, 0.2) is 0 Å². The first kappa shape index (κ1) is 23.5. The Morgan fingerprint density at radius 2 is 1.85 bits per heavy atom. The Bertz CT molecular complexity index is 1180. The number of carbonyl (C=O) groups is 2. The van der Waals surface area contributed by atoms with Gasteiger partial charge < -0.3 is 15.7 Å². The Kier molecular flexibility index (Phi) is 7.01. The lowest BCUT2D eigenvalue weighted by molar-refractivity contribution is 0.102. The molecule has 3 N–H and O–H groups in total. The van der Waals surface area contributed by atoms with Crippen molar-refractivity contribution >= 4 is 17.6 Å². The van der Waals surface area contributed by atoms with Crippen LogP contribution in [0.3, 0.4) is 0 Å². The van der Waals surface area contributed by atoms with Crippen molar-refractivity contribution in [1.82, 2.24) is 15.1 Å². The highest BCUT2D eigenvalue weighted by atomic mass is 16.3. The molecule has 2 aromatic carbocycles. The first-order chi connectivity index (χ1) is 16.4. The summed E-state index contributed by atoms with van der Waals surface area (Å²) in [5.74, 6) is 0.0445. The summed E-state index contributed by atoms with van der Waals surface area (Å²) in [7, 11) is 0. The normalized spacial score (nSPS) is 14.3. The number of carbonyl (C=O) groups excluding carboxylic acids is 2. The molecule has 178 valence electrons. The van der Waals surface area contributed by atoms with Crippen molar-refractivity contribution in [2.45, 2.75) is 64.8 Å². The second kappa shape index (κ2) is 10.1. The summed E-state index contributed by atoms with van der Waals surface area (Å²) in [5.41, 5.74) is 4.12. The monoisotopic (exact) mass is 460 g/mol. The molecule has 1 fully saturated rings. The number of nitrogens with zero attached hydrogens (tertiary/aromatic N) is 2. The molecule has 1 aromatic heterocycles. The minimum Gasteiger partial charge on any atom is -0.507 e. The SMILES string of the molecule is CCc1ccc(C(=O)Nc2ccc(-c3cc(C4CCC4)n(C(=O)NC(C)CC)n3)c(O)c2)cc1. The molecule has 1 aliphatic rings. The average Bonchev–Trinajstić information content (AvgIpc) is 3.22. The largest absolute Gasteiger partial charge is 0.507 e. The topological polar surface area (TPSA) is 96.3 Å². The zero-order chi connectivity index (χ0) is 24.2. The van der Waals surface area contributed by atoms with E-state index in [0.29, 0.717) is 28.4 Å². The second-order valence-electron chi connectivity index (χ2n) is 8.99. The smallest absolute Gasteiger partial charge is 0.342 e. The van der Waals surface area contributed by atoms with Crippen LogP contribution < -0.4 is 10.6 Å². The third-order valence-electron chi connectivity index (χ3n) is 6.59. The minimum absolute atomic E-state index is 0.00808. The lowest BCUT2D eigenvalue weighted by atomic mass is 9.82. The number of amides is 2. The maximum atomic E-state index is 12.8. The molecule has 4 rings (SSSR count). The van der Waals surface area contributed by atoms with E-state index in [0.717, 1.165) is 43.4 Å². The minimum atomic E-state index is -0.250. The molecule has 7 nitrogen and oxygen atoms in total. The summed E-state index contributed by atoms with van der Waals surface area (Å²) in [4.78, 5) is 25.4. The molecule has 34 heavy (non-hydrogen) atoms. The number of nitrogens with one attached hydrogen (secondary N) is 2. The zero-order valence-electron chi connectivity index (χ0n) is 20.0. The van der Waals surface area contributed by atoms with Gasteiger partial charge in [-0.05, 0) is 68.5 Å². The van der Waals surface area contributed by atoms with Gasteiger partial charge in [0.05, 0.1) is 11.4 Å². The number of aromatic hydroxyl groups is 1. The number of benzene rings is 2. The van der Waals surface area contributed by atoms with E-state index in [-0.39, 0.29) is 23.7 Å². The van der Waals surface area contributed by atoms with Crippen molar-refractivity contribution < 1.29 is 14.7 Å². The van der Waals surface area contributed by atoms with Crippen molar-refractivity contribution in [2.24, 2.45) is 0 Å². The van der Waals surface area contributed by atoms with Crippen LogP contribution in [-0.4, -0.2) is 32.9 Å². The van der Waals surface area contributed by atoms with Crippen molar-refractivity contribution in [3.63, 3.8) is 0 Å². The van der Waals surface area contributed by atoms with E-state index < -0.39 is 0 Å². The van der Waals surface area contributed by atoms with E-state index in [1.54, 1.807) is 24.3 Å². The molecular formula is C27H32N4O3. The van der Waals surface area contributed by atoms with E-state index in [9.17, 15) is 14.7 Å². The number of phenolic OH excluding ortho intramolecular Hbond substituents is 1. The fourth-order valence-electron chi connectivity index (χ4n) is 3.98. The number of phenols is 1. The Labute approximate surface area is 200 Å². The molecule has 1 aliphatic carbocycles. The third kappa shape index (κ3) is 4.98. The average molecular weight is 461 g/mol. The molecule has 0 saturated heterocycles. The highest BCUT2D eigenvalue weighted by Crippen LogP contribution is 2.39. The van der Waals surface area contributed by atoms with E-state index in [1.165, 1.54) is 10.7 Å². The van der Waals surface area contributed by atoms with Crippen LogP contribution in [0.15, 0.2) is 48.5 Å². The Morgan fingerprint density at radius 1 is 1.12 bits per heavy atom. The molecule has 3 aromatic rings.